The number of carboxylic acids is 1. The van der Waals surface area contributed by atoms with Crippen molar-refractivity contribution in [2.45, 2.75) is 13.0 Å². The number of hydrogen-bond donors (Lipinski definition) is 2. The van der Waals surface area contributed by atoms with Gasteiger partial charge in [-0.15, -0.1) is 0 Å². The fraction of sp³-hybridized carbons (Fsp3) is 0.667. The van der Waals surface area contributed by atoms with E-state index in [2.05, 4.69) is 0 Å². The number of hydrogen-bond acceptors (Lipinski definition) is 2. The highest BCUT2D eigenvalue weighted by atomic mass is 16.4. The smallest absolute Gasteiger partial charge is 0.332 e. The van der Waals surface area contributed by atoms with Gasteiger partial charge in [0.1, 0.15) is 6.10 Å². The Kier molecular flexibility index (Phi) is 1.60. The molecule has 0 spiro atoms. The average molecular weight is 89.1 g/mol. The van der Waals surface area contributed by atoms with Crippen LogP contribution >= 0.6 is 0 Å². The molecule has 0 aliphatic carbocycles. The molecule has 36 valence electrons. The van der Waals surface area contributed by atoms with Crippen molar-refractivity contribution < 1.29 is 15.0 Å². The summed E-state index contributed by atoms with van der Waals surface area (Å²) in [5, 5.41) is 15.8. The Labute approximate surface area is 35.2 Å². The minimum absolute atomic E-state index is 1.19. The van der Waals surface area contributed by atoms with Crippen LogP contribution in [0.15, 0.2) is 0 Å². The standard InChI is InChI=1S/C3H6O3/c1-2(4)3(5)6/h2,4H,1H3,(H,5,6)/i1-1. The summed E-state index contributed by atoms with van der Waals surface area (Å²) in [7, 11) is 0. The molecule has 6 heavy (non-hydrogen) atoms. The van der Waals surface area contributed by atoms with Crippen LogP contribution in [0.2, 0.25) is 0 Å². The molecule has 0 saturated carbocycles. The van der Waals surface area contributed by atoms with Gasteiger partial charge in [-0.3, -0.25) is 0 Å². The van der Waals surface area contributed by atoms with Crippen LogP contribution in [0.4, 0.5) is 0 Å². The lowest BCUT2D eigenvalue weighted by Crippen LogP contribution is -2.13. The summed E-state index contributed by atoms with van der Waals surface area (Å²) in [6.45, 7) is 1.20. The molecule has 0 aromatic carbocycles. The lowest BCUT2D eigenvalue weighted by molar-refractivity contribution is -0.145. The van der Waals surface area contributed by atoms with Gasteiger partial charge in [0.2, 0.25) is 0 Å². The van der Waals surface area contributed by atoms with Crippen molar-refractivity contribution in [3.63, 3.8) is 0 Å². The molecule has 0 heterocycles. The van der Waals surface area contributed by atoms with Crippen LogP contribution in [0.3, 0.4) is 0 Å². The van der Waals surface area contributed by atoms with E-state index in [4.69, 9.17) is 10.2 Å². The van der Waals surface area contributed by atoms with Crippen molar-refractivity contribution in [3.05, 3.63) is 0 Å². The second kappa shape index (κ2) is 1.77. The van der Waals surface area contributed by atoms with Gasteiger partial charge in [0.15, 0.2) is 0 Å². The van der Waals surface area contributed by atoms with Crippen molar-refractivity contribution in [1.82, 2.24) is 0 Å². The molecule has 0 saturated heterocycles. The first-order valence-electron chi connectivity index (χ1n) is 1.55. The molecule has 1 unspecified atom stereocenters. The molecule has 0 aromatic rings. The van der Waals surface area contributed by atoms with Gasteiger partial charge in [-0.1, -0.05) is 0 Å². The molecular formula is C3H6O3. The monoisotopic (exact) mass is 89.0 g/mol. The molecular weight excluding hydrogens is 83.0 g/mol. The minimum atomic E-state index is -1.23. The maximum Gasteiger partial charge on any atom is 0.332 e. The van der Waals surface area contributed by atoms with Gasteiger partial charge in [-0.2, -0.15) is 0 Å². The zero-order chi connectivity index (χ0) is 5.15. The molecule has 1 atom stereocenters. The third-order valence-electron chi connectivity index (χ3n) is 0.357. The highest BCUT2D eigenvalue weighted by Crippen LogP contribution is 1.73. The summed E-state index contributed by atoms with van der Waals surface area (Å²) < 4.78 is 0. The van der Waals surface area contributed by atoms with Gasteiger partial charge >= 0.3 is 5.97 Å². The molecule has 3 heteroatoms. The minimum Gasteiger partial charge on any atom is -0.479 e. The molecule has 0 amide bonds. The fourth-order valence-corrected chi connectivity index (χ4v) is 0. The Morgan fingerprint density at radius 2 is 2.00 bits per heavy atom. The van der Waals surface area contributed by atoms with Crippen molar-refractivity contribution in [3.8, 4) is 0 Å². The van der Waals surface area contributed by atoms with Crippen LogP contribution in [0.5, 0.6) is 0 Å². The highest BCUT2D eigenvalue weighted by Gasteiger charge is 2.01. The average Bonchev–Trinajstić information content (AvgIpc) is 1.36. The first kappa shape index (κ1) is 5.43. The molecule has 0 bridgehead atoms. The highest BCUT2D eigenvalue weighted by molar-refractivity contribution is 5.71. The fourth-order valence-electron chi connectivity index (χ4n) is 0. The van der Waals surface area contributed by atoms with Crippen LogP contribution in [-0.2, 0) is 4.79 Å². The Balaban J connectivity index is 3.26. The normalized spacial score (nSPS) is 13.7. The van der Waals surface area contributed by atoms with Crippen LogP contribution in [0.1, 0.15) is 6.92 Å². The number of aliphatic carboxylic acids is 1. The summed E-state index contributed by atoms with van der Waals surface area (Å²) in [5.74, 6) is -1.19. The van der Waals surface area contributed by atoms with Crippen molar-refractivity contribution in [2.75, 3.05) is 0 Å². The zero-order valence-corrected chi connectivity index (χ0v) is 3.38. The first-order chi connectivity index (χ1) is 2.64. The number of carbonyl (C=O) groups is 1. The molecule has 0 aliphatic heterocycles. The summed E-state index contributed by atoms with van der Waals surface area (Å²) in [6.07, 6.45) is -1.23. The maximum absolute atomic E-state index is 9.45. The zero-order valence-electron chi connectivity index (χ0n) is 3.38. The molecule has 0 aromatic heterocycles. The van der Waals surface area contributed by atoms with Crippen molar-refractivity contribution in [2.24, 2.45) is 0 Å². The summed E-state index contributed by atoms with van der Waals surface area (Å²) in [4.78, 5) is 9.45. The predicted molar refractivity (Wildman–Crippen MR) is 19.3 cm³/mol. The molecule has 0 fully saturated rings. The van der Waals surface area contributed by atoms with Crippen molar-refractivity contribution in [1.29, 1.82) is 0 Å². The SMILES string of the molecule is [11CH3]C(O)C(=O)O. The summed E-state index contributed by atoms with van der Waals surface area (Å²) in [6, 6.07) is 0. The lowest BCUT2D eigenvalue weighted by atomic mass is 10.1. The quantitative estimate of drug-likeness (QED) is 0.453. The Morgan fingerprint density at radius 1 is 1.83 bits per heavy atom. The van der Waals surface area contributed by atoms with Gasteiger partial charge in [0.25, 0.3) is 0 Å². The van der Waals surface area contributed by atoms with Gasteiger partial charge in [0, 0.05) is 0 Å². The van der Waals surface area contributed by atoms with E-state index in [9.17, 15) is 4.79 Å². The van der Waals surface area contributed by atoms with Crippen LogP contribution in [0, 0.1) is 0 Å². The Bertz CT molecular complexity index is 57.1. The number of rotatable bonds is 1. The summed E-state index contributed by atoms with van der Waals surface area (Å²) >= 11 is 0. The number of aliphatic hydroxyl groups is 1. The largest absolute Gasteiger partial charge is 0.479 e. The lowest BCUT2D eigenvalue weighted by Gasteiger charge is -1.89. The second-order valence-corrected chi connectivity index (χ2v) is 1.01. The number of carboxylic acid groups (broad SMARTS) is 1. The molecule has 0 rings (SSSR count). The Hall–Kier alpha value is -0.570. The van der Waals surface area contributed by atoms with E-state index < -0.39 is 12.1 Å². The summed E-state index contributed by atoms with van der Waals surface area (Å²) in [5.41, 5.74) is 0. The van der Waals surface area contributed by atoms with Gasteiger partial charge in [-0.05, 0) is 6.92 Å². The van der Waals surface area contributed by atoms with Gasteiger partial charge < -0.3 is 10.2 Å². The maximum atomic E-state index is 9.45. The van der Waals surface area contributed by atoms with Gasteiger partial charge in [0.05, 0.1) is 0 Å². The van der Waals surface area contributed by atoms with Crippen LogP contribution < -0.4 is 0 Å². The van der Waals surface area contributed by atoms with Gasteiger partial charge in [-0.25, -0.2) is 4.79 Å². The van der Waals surface area contributed by atoms with E-state index in [1.54, 1.807) is 0 Å². The van der Waals surface area contributed by atoms with E-state index in [0.717, 1.165) is 0 Å². The third kappa shape index (κ3) is 1.72. The van der Waals surface area contributed by atoms with E-state index in [0.29, 0.717) is 0 Å². The van der Waals surface area contributed by atoms with Crippen LogP contribution in [0.25, 0.3) is 0 Å². The molecule has 0 radical (unpaired) electrons. The van der Waals surface area contributed by atoms with E-state index >= 15 is 0 Å². The van der Waals surface area contributed by atoms with Crippen molar-refractivity contribution >= 4 is 5.97 Å². The van der Waals surface area contributed by atoms with E-state index in [-0.39, 0.29) is 0 Å². The number of aliphatic hydroxyl groups excluding tert-OH is 1. The second-order valence-electron chi connectivity index (χ2n) is 1.01. The topological polar surface area (TPSA) is 57.5 Å². The van der Waals surface area contributed by atoms with E-state index in [1.165, 1.54) is 6.92 Å². The molecule has 3 nitrogen and oxygen atoms in total. The van der Waals surface area contributed by atoms with Crippen LogP contribution in [-0.4, -0.2) is 22.3 Å². The van der Waals surface area contributed by atoms with E-state index in [1.807, 2.05) is 0 Å². The molecule has 0 aliphatic rings. The third-order valence-corrected chi connectivity index (χ3v) is 0.357. The Morgan fingerprint density at radius 3 is 2.00 bits per heavy atom. The first-order valence-corrected chi connectivity index (χ1v) is 1.55. The predicted octanol–water partition coefficient (Wildman–Crippen LogP) is -0.548. The molecule has 2 N–H and O–H groups in total.